The van der Waals surface area contributed by atoms with Gasteiger partial charge in [0.05, 0.1) is 20.3 Å². The number of thiocarbonyl (C=S) groups is 1. The molecule has 2 heterocycles. The van der Waals surface area contributed by atoms with Gasteiger partial charge in [-0.2, -0.15) is 0 Å². The SMILES string of the molecule is COc1ccc2c(c1)OC(C)(C)C[C@@H]2NC(=S)Nc1ncccc1OC. The zero-order valence-electron chi connectivity index (χ0n) is 15.3. The minimum absolute atomic E-state index is 0.00867. The van der Waals surface area contributed by atoms with Crippen LogP contribution in [0.5, 0.6) is 17.2 Å². The van der Waals surface area contributed by atoms with Crippen molar-refractivity contribution in [2.45, 2.75) is 31.9 Å². The maximum atomic E-state index is 6.11. The zero-order chi connectivity index (χ0) is 18.7. The number of ether oxygens (including phenoxy) is 3. The molecule has 1 aliphatic rings. The lowest BCUT2D eigenvalue weighted by molar-refractivity contribution is 0.0693. The number of fused-ring (bicyclic) bond motifs is 1. The molecule has 0 saturated carbocycles. The van der Waals surface area contributed by atoms with E-state index in [1.165, 1.54) is 0 Å². The number of pyridine rings is 1. The van der Waals surface area contributed by atoms with E-state index in [0.717, 1.165) is 23.5 Å². The second kappa shape index (κ2) is 7.37. The van der Waals surface area contributed by atoms with Gasteiger partial charge in [-0.3, -0.25) is 0 Å². The van der Waals surface area contributed by atoms with Gasteiger partial charge in [0, 0.05) is 24.2 Å². The second-order valence-electron chi connectivity index (χ2n) is 6.67. The Hall–Kier alpha value is -2.54. The molecular formula is C19H23N3O3S. The Bertz CT molecular complexity index is 810. The van der Waals surface area contributed by atoms with E-state index in [1.807, 2.05) is 30.3 Å². The van der Waals surface area contributed by atoms with Crippen LogP contribution < -0.4 is 24.8 Å². The highest BCUT2D eigenvalue weighted by Gasteiger charge is 2.34. The zero-order valence-corrected chi connectivity index (χ0v) is 16.1. The number of rotatable bonds is 4. The van der Waals surface area contributed by atoms with E-state index in [-0.39, 0.29) is 11.6 Å². The van der Waals surface area contributed by atoms with Gasteiger partial charge in [-0.25, -0.2) is 4.98 Å². The summed E-state index contributed by atoms with van der Waals surface area (Å²) < 4.78 is 16.7. The van der Waals surface area contributed by atoms with Gasteiger partial charge in [0.1, 0.15) is 17.1 Å². The Morgan fingerprint density at radius 2 is 2.08 bits per heavy atom. The molecule has 26 heavy (non-hydrogen) atoms. The van der Waals surface area contributed by atoms with Crippen LogP contribution >= 0.6 is 12.2 Å². The van der Waals surface area contributed by atoms with Gasteiger partial charge in [-0.15, -0.1) is 0 Å². The van der Waals surface area contributed by atoms with Crippen LogP contribution in [0.2, 0.25) is 0 Å². The first-order valence-corrected chi connectivity index (χ1v) is 8.76. The number of nitrogens with zero attached hydrogens (tertiary/aromatic N) is 1. The van der Waals surface area contributed by atoms with Gasteiger partial charge in [-0.05, 0) is 50.3 Å². The molecule has 1 aromatic carbocycles. The van der Waals surface area contributed by atoms with Gasteiger partial charge < -0.3 is 24.8 Å². The second-order valence-corrected chi connectivity index (χ2v) is 7.08. The first-order valence-electron chi connectivity index (χ1n) is 8.35. The molecule has 1 aromatic heterocycles. The highest BCUT2D eigenvalue weighted by Crippen LogP contribution is 2.41. The summed E-state index contributed by atoms with van der Waals surface area (Å²) in [5, 5.41) is 6.96. The van der Waals surface area contributed by atoms with Crippen LogP contribution in [0.4, 0.5) is 5.82 Å². The van der Waals surface area contributed by atoms with E-state index < -0.39 is 0 Å². The van der Waals surface area contributed by atoms with Crippen LogP contribution in [0.25, 0.3) is 0 Å². The average molecular weight is 373 g/mol. The highest BCUT2D eigenvalue weighted by atomic mass is 32.1. The molecule has 0 saturated heterocycles. The van der Waals surface area contributed by atoms with E-state index in [2.05, 4.69) is 29.5 Å². The molecule has 0 radical (unpaired) electrons. The van der Waals surface area contributed by atoms with Crippen LogP contribution in [0, 0.1) is 0 Å². The monoisotopic (exact) mass is 373 g/mol. The lowest BCUT2D eigenvalue weighted by Crippen LogP contribution is -2.42. The van der Waals surface area contributed by atoms with Crippen LogP contribution in [0.15, 0.2) is 36.5 Å². The molecular weight excluding hydrogens is 350 g/mol. The Kier molecular flexibility index (Phi) is 5.18. The molecule has 6 nitrogen and oxygen atoms in total. The van der Waals surface area contributed by atoms with Crippen LogP contribution in [-0.4, -0.2) is 29.9 Å². The lowest BCUT2D eigenvalue weighted by Gasteiger charge is -2.38. The quantitative estimate of drug-likeness (QED) is 0.793. The molecule has 1 aliphatic heterocycles. The molecule has 0 spiro atoms. The van der Waals surface area contributed by atoms with Crippen molar-refractivity contribution in [1.82, 2.24) is 10.3 Å². The third kappa shape index (κ3) is 3.99. The van der Waals surface area contributed by atoms with Crippen LogP contribution in [0.3, 0.4) is 0 Å². The summed E-state index contributed by atoms with van der Waals surface area (Å²) >= 11 is 5.49. The number of hydrogen-bond acceptors (Lipinski definition) is 5. The smallest absolute Gasteiger partial charge is 0.174 e. The molecule has 3 rings (SSSR count). The van der Waals surface area contributed by atoms with Gasteiger partial charge in [0.25, 0.3) is 0 Å². The molecule has 0 bridgehead atoms. The van der Waals surface area contributed by atoms with E-state index >= 15 is 0 Å². The Balaban J connectivity index is 1.80. The summed E-state index contributed by atoms with van der Waals surface area (Å²) in [5.41, 5.74) is 0.720. The van der Waals surface area contributed by atoms with E-state index in [4.69, 9.17) is 26.4 Å². The number of aromatic nitrogens is 1. The molecule has 138 valence electrons. The molecule has 2 aromatic rings. The Labute approximate surface area is 158 Å². The normalized spacial score (nSPS) is 17.5. The first kappa shape index (κ1) is 18.3. The minimum Gasteiger partial charge on any atom is -0.497 e. The molecule has 1 atom stereocenters. The number of nitrogens with one attached hydrogen (secondary N) is 2. The van der Waals surface area contributed by atoms with Gasteiger partial charge in [0.2, 0.25) is 0 Å². The lowest BCUT2D eigenvalue weighted by atomic mass is 9.89. The van der Waals surface area contributed by atoms with Crippen molar-refractivity contribution in [3.05, 3.63) is 42.1 Å². The number of hydrogen-bond donors (Lipinski definition) is 2. The Morgan fingerprint density at radius 1 is 1.27 bits per heavy atom. The summed E-state index contributed by atoms with van der Waals surface area (Å²) in [7, 11) is 3.24. The van der Waals surface area contributed by atoms with Crippen molar-refractivity contribution in [2.24, 2.45) is 0 Å². The van der Waals surface area contributed by atoms with E-state index in [0.29, 0.717) is 16.7 Å². The van der Waals surface area contributed by atoms with E-state index in [9.17, 15) is 0 Å². The van der Waals surface area contributed by atoms with Crippen molar-refractivity contribution in [3.8, 4) is 17.2 Å². The summed E-state index contributed by atoms with van der Waals surface area (Å²) in [5.74, 6) is 2.78. The number of methoxy groups -OCH3 is 2. The van der Waals surface area contributed by atoms with Gasteiger partial charge in [-0.1, -0.05) is 0 Å². The predicted molar refractivity (Wildman–Crippen MR) is 105 cm³/mol. The third-order valence-corrected chi connectivity index (χ3v) is 4.43. The van der Waals surface area contributed by atoms with Crippen LogP contribution in [0.1, 0.15) is 31.9 Å². The maximum Gasteiger partial charge on any atom is 0.174 e. The predicted octanol–water partition coefficient (Wildman–Crippen LogP) is 3.69. The molecule has 0 amide bonds. The molecule has 0 unspecified atom stereocenters. The average Bonchev–Trinajstić information content (AvgIpc) is 2.60. The summed E-state index contributed by atoms with van der Waals surface area (Å²) in [6.45, 7) is 4.12. The fraction of sp³-hybridized carbons (Fsp3) is 0.368. The molecule has 0 fully saturated rings. The van der Waals surface area contributed by atoms with Crippen molar-refractivity contribution in [1.29, 1.82) is 0 Å². The van der Waals surface area contributed by atoms with Crippen LogP contribution in [-0.2, 0) is 0 Å². The highest BCUT2D eigenvalue weighted by molar-refractivity contribution is 7.80. The molecule has 2 N–H and O–H groups in total. The summed E-state index contributed by atoms with van der Waals surface area (Å²) in [6.07, 6.45) is 2.46. The van der Waals surface area contributed by atoms with Crippen molar-refractivity contribution >= 4 is 23.1 Å². The fourth-order valence-corrected chi connectivity index (χ4v) is 3.28. The van der Waals surface area contributed by atoms with Crippen molar-refractivity contribution < 1.29 is 14.2 Å². The molecule has 0 aliphatic carbocycles. The first-order chi connectivity index (χ1) is 12.4. The van der Waals surface area contributed by atoms with Crippen molar-refractivity contribution in [2.75, 3.05) is 19.5 Å². The standard InChI is InChI=1S/C19H23N3O3S/c1-19(2)11-14(13-8-7-12(23-3)10-16(13)25-19)21-18(26)22-17-15(24-4)6-5-9-20-17/h5-10,14H,11H2,1-4H3,(H2,20,21,22,26)/t14-/m0/s1. The topological polar surface area (TPSA) is 64.6 Å². The molecule has 7 heteroatoms. The largest absolute Gasteiger partial charge is 0.497 e. The maximum absolute atomic E-state index is 6.11. The minimum atomic E-state index is -0.324. The number of benzene rings is 1. The van der Waals surface area contributed by atoms with E-state index in [1.54, 1.807) is 20.4 Å². The Morgan fingerprint density at radius 3 is 2.81 bits per heavy atom. The van der Waals surface area contributed by atoms with Crippen molar-refractivity contribution in [3.63, 3.8) is 0 Å². The van der Waals surface area contributed by atoms with Gasteiger partial charge in [0.15, 0.2) is 16.7 Å². The summed E-state index contributed by atoms with van der Waals surface area (Å²) in [4.78, 5) is 4.27. The summed E-state index contributed by atoms with van der Waals surface area (Å²) in [6, 6.07) is 9.48. The number of anilines is 1. The van der Waals surface area contributed by atoms with Gasteiger partial charge >= 0.3 is 0 Å². The third-order valence-electron chi connectivity index (χ3n) is 4.21. The fourth-order valence-electron chi connectivity index (χ4n) is 3.04.